The van der Waals surface area contributed by atoms with Gasteiger partial charge in [-0.15, -0.1) is 18.2 Å². The fourth-order valence-electron chi connectivity index (χ4n) is 1.53. The molecular formula is C12H9ClN4Pt. The molecule has 0 amide bonds. The Morgan fingerprint density at radius 3 is 1.78 bits per heavy atom. The van der Waals surface area contributed by atoms with E-state index in [0.29, 0.717) is 0 Å². The van der Waals surface area contributed by atoms with Gasteiger partial charge in [0.2, 0.25) is 0 Å². The molecule has 94 valence electrons. The molecule has 0 aliphatic carbocycles. The first-order valence-electron chi connectivity index (χ1n) is 5.08. The van der Waals surface area contributed by atoms with Crippen LogP contribution in [0.1, 0.15) is 0 Å². The zero-order valence-electron chi connectivity index (χ0n) is 9.18. The topological polar surface area (TPSA) is 35.6 Å². The van der Waals surface area contributed by atoms with Crippen molar-refractivity contribution >= 4 is 9.42 Å². The Hall–Kier alpha value is -1.38. The van der Waals surface area contributed by atoms with Crippen molar-refractivity contribution in [2.24, 2.45) is 0 Å². The molecule has 0 aliphatic heterocycles. The summed E-state index contributed by atoms with van der Waals surface area (Å²) in [6.45, 7) is 0. The minimum absolute atomic E-state index is 0.901. The van der Waals surface area contributed by atoms with Crippen molar-refractivity contribution in [3.8, 4) is 11.4 Å². The first-order chi connectivity index (χ1) is 8.93. The standard InChI is InChI=1S/C12H9N4.ClH.Pt/c1-4-11(15-8-2-6-13-15)10-12(5-1)16-9-3-7-14-16;;/h1-9H;1H;/q-1;;+2/p-1. The summed E-state index contributed by atoms with van der Waals surface area (Å²) in [5, 5.41) is 8.33. The van der Waals surface area contributed by atoms with Crippen LogP contribution < -0.4 is 0 Å². The number of halogens is 1. The molecule has 0 atom stereocenters. The van der Waals surface area contributed by atoms with Gasteiger partial charge < -0.3 is 0 Å². The third-order valence-corrected chi connectivity index (χ3v) is 2.27. The van der Waals surface area contributed by atoms with E-state index < -0.39 is 0 Å². The van der Waals surface area contributed by atoms with Crippen molar-refractivity contribution < 1.29 is 18.8 Å². The second-order valence-electron chi connectivity index (χ2n) is 3.32. The van der Waals surface area contributed by atoms with Gasteiger partial charge in [-0.3, -0.25) is 9.36 Å². The fraction of sp³-hybridized carbons (Fsp3) is 0. The van der Waals surface area contributed by atoms with Crippen LogP contribution in [-0.2, 0) is 18.8 Å². The summed E-state index contributed by atoms with van der Waals surface area (Å²) in [6.07, 6.45) is 7.26. The van der Waals surface area contributed by atoms with E-state index in [4.69, 9.17) is 0 Å². The van der Waals surface area contributed by atoms with Crippen LogP contribution in [0.5, 0.6) is 0 Å². The maximum absolute atomic E-state index is 4.61. The predicted octanol–water partition coefficient (Wildman–Crippen LogP) is 2.55. The molecule has 0 saturated heterocycles. The fourth-order valence-corrected chi connectivity index (χ4v) is 1.53. The molecule has 0 fully saturated rings. The quantitative estimate of drug-likeness (QED) is 0.575. The summed E-state index contributed by atoms with van der Waals surface area (Å²) < 4.78 is 3.54. The van der Waals surface area contributed by atoms with E-state index in [1.807, 2.05) is 42.7 Å². The molecule has 0 aliphatic rings. The van der Waals surface area contributed by atoms with Crippen molar-refractivity contribution in [3.63, 3.8) is 0 Å². The average Bonchev–Trinajstić information content (AvgIpc) is 3.15. The van der Waals surface area contributed by atoms with E-state index in [9.17, 15) is 0 Å². The first-order valence-corrected chi connectivity index (χ1v) is 7.89. The van der Waals surface area contributed by atoms with Gasteiger partial charge in [-0.25, -0.2) is 0 Å². The van der Waals surface area contributed by atoms with Crippen LogP contribution in [0, 0.1) is 6.07 Å². The summed E-state index contributed by atoms with van der Waals surface area (Å²) in [6, 6.07) is 12.9. The maximum atomic E-state index is 4.61. The Balaban J connectivity index is 0.000000574. The average molecular weight is 440 g/mol. The van der Waals surface area contributed by atoms with Gasteiger partial charge in [-0.2, -0.15) is 16.3 Å². The number of nitrogens with zero attached hydrogens (tertiary/aromatic N) is 4. The molecule has 2 heterocycles. The SMILES string of the molecule is [Cl][Pt+].[c-]1c(-n2cccn2)cccc1-n1cccn1. The largest absolute Gasteiger partial charge is 0.266 e. The summed E-state index contributed by atoms with van der Waals surface area (Å²) in [7, 11) is 4.61. The van der Waals surface area contributed by atoms with Crippen molar-refractivity contribution in [1.29, 1.82) is 0 Å². The third-order valence-electron chi connectivity index (χ3n) is 2.27. The zero-order valence-corrected chi connectivity index (χ0v) is 12.2. The smallest absolute Gasteiger partial charge is 0.0493 e. The van der Waals surface area contributed by atoms with Crippen LogP contribution in [0.4, 0.5) is 0 Å². The number of rotatable bonds is 2. The van der Waals surface area contributed by atoms with Crippen LogP contribution in [0.3, 0.4) is 0 Å². The maximum Gasteiger partial charge on any atom is 0.0493 e. The Labute approximate surface area is 120 Å². The molecule has 0 radical (unpaired) electrons. The van der Waals surface area contributed by atoms with E-state index in [0.717, 1.165) is 11.4 Å². The van der Waals surface area contributed by atoms with Crippen LogP contribution in [0.25, 0.3) is 11.4 Å². The third kappa shape index (κ3) is 2.89. The molecule has 0 spiro atoms. The number of benzene rings is 1. The van der Waals surface area contributed by atoms with E-state index in [2.05, 4.69) is 25.7 Å². The molecule has 0 N–H and O–H groups in total. The molecular weight excluding hydrogens is 431 g/mol. The molecule has 2 aromatic heterocycles. The minimum Gasteiger partial charge on any atom is -0.266 e. The number of hydrogen-bond donors (Lipinski definition) is 0. The Morgan fingerprint density at radius 2 is 1.39 bits per heavy atom. The number of hydrogen-bond acceptors (Lipinski definition) is 2. The Bertz CT molecular complexity index is 528. The molecule has 4 nitrogen and oxygen atoms in total. The minimum atomic E-state index is 0.901. The van der Waals surface area contributed by atoms with Gasteiger partial charge in [0.25, 0.3) is 0 Å². The van der Waals surface area contributed by atoms with E-state index in [-0.39, 0.29) is 0 Å². The van der Waals surface area contributed by atoms with Crippen molar-refractivity contribution in [2.45, 2.75) is 0 Å². The van der Waals surface area contributed by atoms with Crippen molar-refractivity contribution in [3.05, 3.63) is 61.2 Å². The van der Waals surface area contributed by atoms with E-state index in [1.165, 1.54) is 0 Å². The van der Waals surface area contributed by atoms with Gasteiger partial charge in [-0.05, 0) is 23.5 Å². The molecule has 3 rings (SSSR count). The molecule has 0 bridgehead atoms. The Morgan fingerprint density at radius 1 is 0.889 bits per heavy atom. The summed E-state index contributed by atoms with van der Waals surface area (Å²) in [5.74, 6) is 0. The Kier molecular flexibility index (Phi) is 4.73. The van der Waals surface area contributed by atoms with Crippen LogP contribution >= 0.6 is 9.42 Å². The summed E-state index contributed by atoms with van der Waals surface area (Å²) in [4.78, 5) is 0. The van der Waals surface area contributed by atoms with Crippen molar-refractivity contribution in [2.75, 3.05) is 0 Å². The van der Waals surface area contributed by atoms with Gasteiger partial charge in [0, 0.05) is 24.8 Å². The van der Waals surface area contributed by atoms with Crippen LogP contribution in [0.2, 0.25) is 0 Å². The summed E-state index contributed by atoms with van der Waals surface area (Å²) >= 11 is 1.61. The second kappa shape index (κ2) is 6.52. The van der Waals surface area contributed by atoms with Gasteiger partial charge in [-0.1, -0.05) is 0 Å². The van der Waals surface area contributed by atoms with Gasteiger partial charge >= 0.3 is 28.2 Å². The first kappa shape index (κ1) is 13.1. The molecule has 18 heavy (non-hydrogen) atoms. The molecule has 0 unspecified atom stereocenters. The van der Waals surface area contributed by atoms with Crippen LogP contribution in [-0.4, -0.2) is 19.6 Å². The molecule has 0 saturated carbocycles. The number of aromatic nitrogens is 4. The van der Waals surface area contributed by atoms with E-state index >= 15 is 0 Å². The molecule has 1 aromatic carbocycles. The molecule has 3 aromatic rings. The monoisotopic (exact) mass is 439 g/mol. The van der Waals surface area contributed by atoms with Gasteiger partial charge in [0.1, 0.15) is 0 Å². The zero-order chi connectivity index (χ0) is 12.8. The van der Waals surface area contributed by atoms with Crippen LogP contribution in [0.15, 0.2) is 55.1 Å². The predicted molar refractivity (Wildman–Crippen MR) is 65.4 cm³/mol. The van der Waals surface area contributed by atoms with E-state index in [1.54, 1.807) is 40.5 Å². The second-order valence-corrected chi connectivity index (χ2v) is 3.32. The van der Waals surface area contributed by atoms with Crippen molar-refractivity contribution in [1.82, 2.24) is 19.6 Å². The normalized spacial score (nSPS) is 9.72. The van der Waals surface area contributed by atoms with Gasteiger partial charge in [0.15, 0.2) is 0 Å². The molecule has 6 heteroatoms. The summed E-state index contributed by atoms with van der Waals surface area (Å²) in [5.41, 5.74) is 1.80. The van der Waals surface area contributed by atoms with Gasteiger partial charge in [0.05, 0.1) is 0 Å².